The summed E-state index contributed by atoms with van der Waals surface area (Å²) in [6.07, 6.45) is 2.87. The predicted molar refractivity (Wildman–Crippen MR) is 66.9 cm³/mol. The van der Waals surface area contributed by atoms with Crippen LogP contribution in [0.15, 0.2) is 0 Å². The van der Waals surface area contributed by atoms with E-state index in [1.54, 1.807) is 0 Å². The van der Waals surface area contributed by atoms with E-state index in [9.17, 15) is 4.79 Å². The van der Waals surface area contributed by atoms with Crippen LogP contribution < -0.4 is 11.1 Å². The van der Waals surface area contributed by atoms with E-state index in [2.05, 4.69) is 5.32 Å². The van der Waals surface area contributed by atoms with Crippen molar-refractivity contribution < 1.29 is 4.79 Å². The Kier molecular flexibility index (Phi) is 3.21. The van der Waals surface area contributed by atoms with Crippen LogP contribution in [0.5, 0.6) is 0 Å². The summed E-state index contributed by atoms with van der Waals surface area (Å²) in [7, 11) is 0. The molecular weight excluding hydrogens is 228 g/mol. The molecule has 2 fully saturated rings. The normalized spacial score (nSPS) is 27.3. The van der Waals surface area contributed by atoms with Crippen LogP contribution in [0.25, 0.3) is 0 Å². The lowest BCUT2D eigenvalue weighted by atomic mass is 10.1. The average Bonchev–Trinajstić information content (AvgIpc) is 2.87. The van der Waals surface area contributed by atoms with Crippen LogP contribution in [0.2, 0.25) is 0 Å². The number of hydrogen-bond donors (Lipinski definition) is 2. The maximum Gasteiger partial charge on any atom is 0.233 e. The fourth-order valence-electron chi connectivity index (χ4n) is 1.86. The number of thioether (sulfide) groups is 1. The molecule has 2 rings (SSSR count). The molecule has 1 atom stereocenters. The van der Waals surface area contributed by atoms with Crippen molar-refractivity contribution in [2.24, 2.45) is 17.1 Å². The lowest BCUT2D eigenvalue weighted by Crippen LogP contribution is -2.41. The van der Waals surface area contributed by atoms with Crippen LogP contribution in [-0.4, -0.2) is 28.9 Å². The molecule has 1 amide bonds. The predicted octanol–water partition coefficient (Wildman–Crippen LogP) is 0.922. The lowest BCUT2D eigenvalue weighted by molar-refractivity contribution is -0.124. The first-order chi connectivity index (χ1) is 7.15. The largest absolute Gasteiger partial charge is 0.392 e. The minimum absolute atomic E-state index is 0.0481. The monoisotopic (exact) mass is 244 g/mol. The number of thiocarbonyl (C=S) groups is 1. The fraction of sp³-hybridized carbons (Fsp3) is 0.800. The van der Waals surface area contributed by atoms with Crippen molar-refractivity contribution in [3.63, 3.8) is 0 Å². The van der Waals surface area contributed by atoms with Crippen LogP contribution in [0.1, 0.15) is 19.3 Å². The Morgan fingerprint density at radius 1 is 1.60 bits per heavy atom. The summed E-state index contributed by atoms with van der Waals surface area (Å²) in [6.45, 7) is 0.788. The molecular formula is C10H16N2OS2. The maximum absolute atomic E-state index is 11.8. The zero-order chi connectivity index (χ0) is 10.9. The van der Waals surface area contributed by atoms with Gasteiger partial charge in [0.25, 0.3) is 0 Å². The number of nitrogens with two attached hydrogens (primary N) is 1. The van der Waals surface area contributed by atoms with Gasteiger partial charge in [0.1, 0.15) is 0 Å². The third-order valence-corrected chi connectivity index (χ3v) is 4.85. The second-order valence-corrected chi connectivity index (χ2v) is 5.98. The van der Waals surface area contributed by atoms with Crippen LogP contribution in [-0.2, 0) is 4.79 Å². The molecule has 0 aromatic rings. The number of nitrogens with one attached hydrogen (secondary N) is 1. The Balaban J connectivity index is 1.79. The van der Waals surface area contributed by atoms with Crippen molar-refractivity contribution in [3.8, 4) is 0 Å². The minimum atomic E-state index is -0.485. The number of carbonyl (C=O) groups is 1. The molecule has 0 aromatic heterocycles. The fourth-order valence-corrected chi connectivity index (χ4v) is 3.44. The SMILES string of the molecule is NC(=S)C1(C(=O)NCC2CCSC2)CC1. The van der Waals surface area contributed by atoms with Gasteiger partial charge in [-0.25, -0.2) is 0 Å². The Morgan fingerprint density at radius 2 is 2.33 bits per heavy atom. The summed E-state index contributed by atoms with van der Waals surface area (Å²) < 4.78 is 0. The van der Waals surface area contributed by atoms with E-state index in [1.165, 1.54) is 17.9 Å². The molecule has 1 heterocycles. The maximum atomic E-state index is 11.8. The smallest absolute Gasteiger partial charge is 0.233 e. The summed E-state index contributed by atoms with van der Waals surface area (Å²) in [4.78, 5) is 12.2. The molecule has 1 saturated heterocycles. The van der Waals surface area contributed by atoms with Gasteiger partial charge in [-0.1, -0.05) is 12.2 Å². The molecule has 15 heavy (non-hydrogen) atoms. The Labute approximate surface area is 99.5 Å². The van der Waals surface area contributed by atoms with Crippen molar-refractivity contribution in [1.82, 2.24) is 5.32 Å². The summed E-state index contributed by atoms with van der Waals surface area (Å²) in [5.41, 5.74) is 5.10. The van der Waals surface area contributed by atoms with Gasteiger partial charge in [0.2, 0.25) is 5.91 Å². The first-order valence-electron chi connectivity index (χ1n) is 5.31. The summed E-state index contributed by atoms with van der Waals surface area (Å²) in [6, 6.07) is 0. The van der Waals surface area contributed by atoms with Gasteiger partial charge < -0.3 is 11.1 Å². The minimum Gasteiger partial charge on any atom is -0.392 e. The number of hydrogen-bond acceptors (Lipinski definition) is 3. The molecule has 3 N–H and O–H groups in total. The van der Waals surface area contributed by atoms with Gasteiger partial charge in [-0.3, -0.25) is 4.79 Å². The molecule has 1 unspecified atom stereocenters. The van der Waals surface area contributed by atoms with Crippen molar-refractivity contribution >= 4 is 34.9 Å². The molecule has 0 radical (unpaired) electrons. The van der Waals surface area contributed by atoms with Crippen molar-refractivity contribution in [3.05, 3.63) is 0 Å². The molecule has 5 heteroatoms. The third-order valence-electron chi connectivity index (χ3n) is 3.23. The average molecular weight is 244 g/mol. The molecule has 84 valence electrons. The molecule has 1 aliphatic carbocycles. The van der Waals surface area contributed by atoms with E-state index in [0.717, 1.165) is 19.4 Å². The zero-order valence-electron chi connectivity index (χ0n) is 8.62. The van der Waals surface area contributed by atoms with Gasteiger partial charge in [-0.2, -0.15) is 11.8 Å². The Bertz CT molecular complexity index is 283. The molecule has 1 aliphatic heterocycles. The van der Waals surface area contributed by atoms with Crippen molar-refractivity contribution in [2.45, 2.75) is 19.3 Å². The molecule has 0 bridgehead atoms. The van der Waals surface area contributed by atoms with Gasteiger partial charge in [0, 0.05) is 6.54 Å². The van der Waals surface area contributed by atoms with Crippen LogP contribution in [0.4, 0.5) is 0 Å². The molecule has 0 aromatic carbocycles. The molecule has 3 nitrogen and oxygen atoms in total. The second-order valence-electron chi connectivity index (χ2n) is 4.39. The van der Waals surface area contributed by atoms with Gasteiger partial charge >= 0.3 is 0 Å². The molecule has 2 aliphatic rings. The first kappa shape index (κ1) is 11.2. The van der Waals surface area contributed by atoms with E-state index in [-0.39, 0.29) is 5.91 Å². The van der Waals surface area contributed by atoms with E-state index < -0.39 is 5.41 Å². The lowest BCUT2D eigenvalue weighted by Gasteiger charge is -2.15. The number of rotatable bonds is 4. The van der Waals surface area contributed by atoms with Crippen LogP contribution in [0, 0.1) is 11.3 Å². The number of amides is 1. The van der Waals surface area contributed by atoms with Gasteiger partial charge in [-0.15, -0.1) is 0 Å². The summed E-state index contributed by atoms with van der Waals surface area (Å²) >= 11 is 6.89. The standard InChI is InChI=1S/C10H16N2OS2/c11-8(14)10(2-3-10)9(13)12-5-7-1-4-15-6-7/h7H,1-6H2,(H2,11,14)(H,12,13). The topological polar surface area (TPSA) is 55.1 Å². The van der Waals surface area contributed by atoms with E-state index in [4.69, 9.17) is 18.0 Å². The van der Waals surface area contributed by atoms with E-state index in [1.807, 2.05) is 11.8 Å². The highest BCUT2D eigenvalue weighted by atomic mass is 32.2. The van der Waals surface area contributed by atoms with Gasteiger partial charge in [0.05, 0.1) is 10.4 Å². The van der Waals surface area contributed by atoms with Crippen molar-refractivity contribution in [1.29, 1.82) is 0 Å². The Hall–Kier alpha value is -0.290. The highest BCUT2D eigenvalue weighted by Crippen LogP contribution is 2.46. The van der Waals surface area contributed by atoms with E-state index >= 15 is 0 Å². The second kappa shape index (κ2) is 4.29. The molecule has 1 saturated carbocycles. The van der Waals surface area contributed by atoms with Crippen LogP contribution >= 0.6 is 24.0 Å². The van der Waals surface area contributed by atoms with Crippen LogP contribution in [0.3, 0.4) is 0 Å². The summed E-state index contributed by atoms with van der Waals surface area (Å²) in [5.74, 6) is 3.08. The van der Waals surface area contributed by atoms with Gasteiger partial charge in [0.15, 0.2) is 0 Å². The van der Waals surface area contributed by atoms with Crippen molar-refractivity contribution in [2.75, 3.05) is 18.1 Å². The first-order valence-corrected chi connectivity index (χ1v) is 6.87. The zero-order valence-corrected chi connectivity index (χ0v) is 10.3. The number of carbonyl (C=O) groups excluding carboxylic acids is 1. The quantitative estimate of drug-likeness (QED) is 0.722. The third kappa shape index (κ3) is 2.28. The Morgan fingerprint density at radius 3 is 2.80 bits per heavy atom. The highest BCUT2D eigenvalue weighted by molar-refractivity contribution is 7.99. The molecule has 0 spiro atoms. The summed E-state index contributed by atoms with van der Waals surface area (Å²) in [5, 5.41) is 2.99. The highest BCUT2D eigenvalue weighted by Gasteiger charge is 2.52. The van der Waals surface area contributed by atoms with E-state index in [0.29, 0.717) is 10.9 Å². The van der Waals surface area contributed by atoms with Gasteiger partial charge in [-0.05, 0) is 36.7 Å².